The number of carbonyl (C=O) groups excluding carboxylic acids is 1. The molecule has 2 N–H and O–H groups in total. The van der Waals surface area contributed by atoms with Crippen LogP contribution in [0.2, 0.25) is 5.02 Å². The highest BCUT2D eigenvalue weighted by Crippen LogP contribution is 2.22. The number of hydrogen-bond donors (Lipinski definition) is 2. The van der Waals surface area contributed by atoms with E-state index in [0.717, 1.165) is 10.2 Å². The molecule has 0 fully saturated rings. The molecule has 0 aliphatic carbocycles. The van der Waals surface area contributed by atoms with Gasteiger partial charge in [-0.25, -0.2) is 4.79 Å². The predicted molar refractivity (Wildman–Crippen MR) is 97.3 cm³/mol. The lowest BCUT2D eigenvalue weighted by Gasteiger charge is -2.10. The molecule has 3 rings (SSSR count). The summed E-state index contributed by atoms with van der Waals surface area (Å²) in [5.74, 6) is -1.74. The average Bonchev–Trinajstić information content (AvgIpc) is 3.02. The van der Waals surface area contributed by atoms with E-state index in [1.165, 1.54) is 18.2 Å². The lowest BCUT2D eigenvalue weighted by molar-refractivity contribution is -0.173. The number of aryl methyl sites for hydroxylation is 1. The Morgan fingerprint density at radius 2 is 1.89 bits per heavy atom. The number of carbonyl (C=O) groups is 1. The number of aromatic amines is 1. The fourth-order valence-corrected chi connectivity index (χ4v) is 2.64. The van der Waals surface area contributed by atoms with Crippen LogP contribution in [0.25, 0.3) is 17.1 Å². The number of halogens is 4. The Balaban J connectivity index is 1.90. The van der Waals surface area contributed by atoms with Gasteiger partial charge in [-0.3, -0.25) is 9.78 Å². The highest BCUT2D eigenvalue weighted by Gasteiger charge is 2.38. The molecule has 28 heavy (non-hydrogen) atoms. The van der Waals surface area contributed by atoms with Gasteiger partial charge >= 0.3 is 17.8 Å². The van der Waals surface area contributed by atoms with E-state index in [4.69, 9.17) is 11.6 Å². The molecular weight excluding hydrogens is 397 g/mol. The second-order valence-electron chi connectivity index (χ2n) is 6.02. The van der Waals surface area contributed by atoms with E-state index in [9.17, 15) is 22.8 Å². The van der Waals surface area contributed by atoms with Crippen molar-refractivity contribution in [1.29, 1.82) is 0 Å². The highest BCUT2D eigenvalue weighted by molar-refractivity contribution is 6.32. The van der Waals surface area contributed by atoms with Crippen molar-refractivity contribution in [1.82, 2.24) is 20.1 Å². The molecule has 0 radical (unpaired) electrons. The Kier molecular flexibility index (Phi) is 5.28. The summed E-state index contributed by atoms with van der Waals surface area (Å²) in [6.45, 7) is 1.54. The van der Waals surface area contributed by atoms with Crippen molar-refractivity contribution in [2.24, 2.45) is 0 Å². The van der Waals surface area contributed by atoms with Crippen molar-refractivity contribution in [2.75, 3.05) is 0 Å². The van der Waals surface area contributed by atoms with Crippen molar-refractivity contribution in [3.05, 3.63) is 69.1 Å². The third-order valence-corrected chi connectivity index (χ3v) is 4.21. The van der Waals surface area contributed by atoms with Gasteiger partial charge in [0.05, 0.1) is 10.7 Å². The third kappa shape index (κ3) is 4.25. The summed E-state index contributed by atoms with van der Waals surface area (Å²) in [5.41, 5.74) is 1.67. The minimum Gasteiger partial charge on any atom is -0.344 e. The normalized spacial score (nSPS) is 11.5. The second kappa shape index (κ2) is 7.51. The second-order valence-corrected chi connectivity index (χ2v) is 6.43. The largest absolute Gasteiger partial charge is 0.471 e. The smallest absolute Gasteiger partial charge is 0.344 e. The van der Waals surface area contributed by atoms with Gasteiger partial charge in [0.2, 0.25) is 0 Å². The van der Waals surface area contributed by atoms with Crippen molar-refractivity contribution in [3.63, 3.8) is 0 Å². The van der Waals surface area contributed by atoms with Crippen molar-refractivity contribution < 1.29 is 18.0 Å². The van der Waals surface area contributed by atoms with Gasteiger partial charge in [0.15, 0.2) is 5.82 Å². The zero-order valence-corrected chi connectivity index (χ0v) is 15.2. The first kappa shape index (κ1) is 19.7. The molecule has 0 aliphatic heterocycles. The van der Waals surface area contributed by atoms with Crippen molar-refractivity contribution >= 4 is 17.5 Å². The Morgan fingerprint density at radius 3 is 2.54 bits per heavy atom. The van der Waals surface area contributed by atoms with Crippen LogP contribution in [0.15, 0.2) is 47.3 Å². The molecule has 0 atom stereocenters. The maximum atomic E-state index is 12.3. The molecule has 146 valence electrons. The summed E-state index contributed by atoms with van der Waals surface area (Å²) in [5, 5.41) is 6.15. The molecule has 1 amide bonds. The van der Waals surface area contributed by atoms with Crippen LogP contribution in [0.3, 0.4) is 0 Å². The monoisotopic (exact) mass is 410 g/mol. The predicted octanol–water partition coefficient (Wildman–Crippen LogP) is 3.37. The minimum absolute atomic E-state index is 0.176. The van der Waals surface area contributed by atoms with Crippen LogP contribution < -0.4 is 11.0 Å². The molecule has 1 heterocycles. The third-order valence-electron chi connectivity index (χ3n) is 3.89. The molecule has 0 saturated carbocycles. The van der Waals surface area contributed by atoms with Crippen LogP contribution in [-0.4, -0.2) is 26.8 Å². The van der Waals surface area contributed by atoms with Crippen molar-refractivity contribution in [2.45, 2.75) is 19.6 Å². The van der Waals surface area contributed by atoms with Gasteiger partial charge in [-0.05, 0) is 24.6 Å². The first-order valence-corrected chi connectivity index (χ1v) is 8.43. The summed E-state index contributed by atoms with van der Waals surface area (Å²) in [7, 11) is 0. The Morgan fingerprint density at radius 1 is 1.21 bits per heavy atom. The Bertz CT molecular complexity index is 1070. The maximum Gasteiger partial charge on any atom is 0.471 e. The van der Waals surface area contributed by atoms with Gasteiger partial charge < -0.3 is 5.32 Å². The molecule has 3 aromatic rings. The number of nitrogens with zero attached hydrogens (tertiary/aromatic N) is 2. The lowest BCUT2D eigenvalue weighted by Crippen LogP contribution is -2.36. The van der Waals surface area contributed by atoms with Gasteiger partial charge in [0, 0.05) is 12.1 Å². The molecule has 10 heteroatoms. The van der Waals surface area contributed by atoms with E-state index < -0.39 is 17.8 Å². The zero-order chi connectivity index (χ0) is 20.5. The van der Waals surface area contributed by atoms with Gasteiger partial charge in [0.25, 0.3) is 0 Å². The molecule has 1 aromatic heterocycles. The number of nitrogens with one attached hydrogen (secondary N) is 2. The van der Waals surface area contributed by atoms with E-state index in [1.807, 2.05) is 19.1 Å². The van der Waals surface area contributed by atoms with Crippen LogP contribution in [0.4, 0.5) is 13.2 Å². The standard InChI is InChI=1S/C18H14ClF3N4O2/c1-10-2-5-12(6-3-10)15-24-17(28)26(25-15)14-8-11(4-7-13(14)19)9-23-16(27)18(20,21)22/h2-8H,9H2,1H3,(H,23,27)(H,24,25,28). The fraction of sp³-hybridized carbons (Fsp3) is 0.167. The highest BCUT2D eigenvalue weighted by atomic mass is 35.5. The Labute approximate surface area is 162 Å². The van der Waals surface area contributed by atoms with Crippen LogP contribution in [0.5, 0.6) is 0 Å². The van der Waals surface area contributed by atoms with Crippen molar-refractivity contribution in [3.8, 4) is 17.1 Å². The SMILES string of the molecule is Cc1ccc(-c2nn(-c3cc(CNC(=O)C(F)(F)F)ccc3Cl)c(=O)[nH]2)cc1. The molecule has 6 nitrogen and oxygen atoms in total. The molecule has 0 unspecified atom stereocenters. The number of alkyl halides is 3. The van der Waals surface area contributed by atoms with E-state index in [0.29, 0.717) is 17.0 Å². The van der Waals surface area contributed by atoms with Gasteiger partial charge in [-0.15, -0.1) is 5.10 Å². The maximum absolute atomic E-state index is 12.3. The first-order valence-electron chi connectivity index (χ1n) is 8.05. The van der Waals surface area contributed by atoms with Crippen LogP contribution >= 0.6 is 11.6 Å². The topological polar surface area (TPSA) is 79.8 Å². The van der Waals surface area contributed by atoms with Gasteiger partial charge in [-0.1, -0.05) is 47.5 Å². The first-order chi connectivity index (χ1) is 13.1. The average molecular weight is 411 g/mol. The quantitative estimate of drug-likeness (QED) is 0.692. The minimum atomic E-state index is -4.97. The molecule has 2 aromatic carbocycles. The molecule has 0 aliphatic rings. The van der Waals surface area contributed by atoms with Gasteiger partial charge in [-0.2, -0.15) is 17.9 Å². The van der Waals surface area contributed by atoms with E-state index in [2.05, 4.69) is 10.1 Å². The zero-order valence-electron chi connectivity index (χ0n) is 14.5. The summed E-state index contributed by atoms with van der Waals surface area (Å²) in [4.78, 5) is 25.9. The van der Waals surface area contributed by atoms with E-state index >= 15 is 0 Å². The summed E-state index contributed by atoms with van der Waals surface area (Å²) in [6, 6.07) is 11.6. The lowest BCUT2D eigenvalue weighted by atomic mass is 10.1. The number of amides is 1. The number of hydrogen-bond acceptors (Lipinski definition) is 3. The summed E-state index contributed by atoms with van der Waals surface area (Å²) >= 11 is 6.13. The summed E-state index contributed by atoms with van der Waals surface area (Å²) < 4.78 is 37.9. The summed E-state index contributed by atoms with van der Waals surface area (Å²) in [6.07, 6.45) is -4.97. The van der Waals surface area contributed by atoms with Crippen LogP contribution in [-0.2, 0) is 11.3 Å². The van der Waals surface area contributed by atoms with Gasteiger partial charge in [0.1, 0.15) is 0 Å². The number of aromatic nitrogens is 3. The molecular formula is C18H14ClF3N4O2. The number of rotatable bonds is 4. The van der Waals surface area contributed by atoms with E-state index in [-0.39, 0.29) is 17.3 Å². The fourth-order valence-electron chi connectivity index (χ4n) is 2.44. The molecule has 0 bridgehead atoms. The molecule has 0 saturated heterocycles. The van der Waals surface area contributed by atoms with Crippen LogP contribution in [0.1, 0.15) is 11.1 Å². The molecule has 0 spiro atoms. The Hall–Kier alpha value is -3.07. The van der Waals surface area contributed by atoms with Crippen LogP contribution in [0, 0.1) is 6.92 Å². The number of benzene rings is 2. The van der Waals surface area contributed by atoms with E-state index in [1.54, 1.807) is 17.4 Å². The number of H-pyrrole nitrogens is 1.